The first kappa shape index (κ1) is 9.87. The van der Waals surface area contributed by atoms with Gasteiger partial charge < -0.3 is 5.32 Å². The van der Waals surface area contributed by atoms with Gasteiger partial charge in [0.2, 0.25) is 5.91 Å². The summed E-state index contributed by atoms with van der Waals surface area (Å²) in [6, 6.07) is 1.91. The molecule has 2 unspecified atom stereocenters. The van der Waals surface area contributed by atoms with Crippen LogP contribution in [0.15, 0.2) is 6.07 Å². The van der Waals surface area contributed by atoms with Crippen LogP contribution in [0.1, 0.15) is 31.9 Å². The lowest BCUT2D eigenvalue weighted by Gasteiger charge is -2.02. The summed E-state index contributed by atoms with van der Waals surface area (Å²) in [6.45, 7) is 2.06. The van der Waals surface area contributed by atoms with Crippen molar-refractivity contribution in [2.45, 2.75) is 32.6 Å². The molecule has 3 rings (SSSR count). The van der Waals surface area contributed by atoms with Crippen molar-refractivity contribution >= 4 is 11.7 Å². The molecule has 4 nitrogen and oxygen atoms in total. The van der Waals surface area contributed by atoms with Gasteiger partial charge in [0, 0.05) is 17.7 Å². The zero-order valence-corrected chi connectivity index (χ0v) is 9.49. The standard InChI is InChI=1S/C12H17N3O/c1-2-7-6-10(15-14-7)13-12(16)11-8-4-3-5-9(8)11/h6,8-9,11H,2-5H2,1H3,(H2,13,14,15,16). The molecule has 4 heteroatoms. The molecule has 2 aliphatic rings. The molecule has 2 fully saturated rings. The van der Waals surface area contributed by atoms with E-state index in [0.717, 1.165) is 12.1 Å². The van der Waals surface area contributed by atoms with Gasteiger partial charge in [-0.15, -0.1) is 0 Å². The maximum Gasteiger partial charge on any atom is 0.229 e. The highest BCUT2D eigenvalue weighted by atomic mass is 16.2. The molecule has 0 bridgehead atoms. The van der Waals surface area contributed by atoms with Crippen molar-refractivity contribution in [3.8, 4) is 0 Å². The highest BCUT2D eigenvalue weighted by Crippen LogP contribution is 2.57. The Morgan fingerprint density at radius 3 is 2.94 bits per heavy atom. The minimum absolute atomic E-state index is 0.170. The topological polar surface area (TPSA) is 57.8 Å². The van der Waals surface area contributed by atoms with E-state index in [0.29, 0.717) is 17.7 Å². The number of amides is 1. The number of rotatable bonds is 3. The predicted octanol–water partition coefficient (Wildman–Crippen LogP) is 1.96. The number of aryl methyl sites for hydroxylation is 1. The lowest BCUT2D eigenvalue weighted by Crippen LogP contribution is -2.16. The molecule has 86 valence electrons. The number of fused-ring (bicyclic) bond motifs is 1. The number of nitrogens with zero attached hydrogens (tertiary/aromatic N) is 1. The average Bonchev–Trinajstić information content (AvgIpc) is 2.72. The molecule has 1 amide bonds. The van der Waals surface area contributed by atoms with Gasteiger partial charge in [0.25, 0.3) is 0 Å². The summed E-state index contributed by atoms with van der Waals surface area (Å²) in [5, 5.41) is 9.89. The van der Waals surface area contributed by atoms with Gasteiger partial charge in [0.05, 0.1) is 0 Å². The summed E-state index contributed by atoms with van der Waals surface area (Å²) in [5.74, 6) is 2.46. The Kier molecular flexibility index (Phi) is 2.23. The first-order valence-corrected chi connectivity index (χ1v) is 6.14. The Bertz CT molecular complexity index is 402. The molecule has 2 saturated carbocycles. The van der Waals surface area contributed by atoms with E-state index in [2.05, 4.69) is 22.4 Å². The minimum Gasteiger partial charge on any atom is -0.309 e. The molecule has 0 aromatic carbocycles. The van der Waals surface area contributed by atoms with E-state index in [-0.39, 0.29) is 11.8 Å². The van der Waals surface area contributed by atoms with Gasteiger partial charge in [-0.05, 0) is 31.1 Å². The van der Waals surface area contributed by atoms with Gasteiger partial charge in [-0.1, -0.05) is 13.3 Å². The Balaban J connectivity index is 1.60. The summed E-state index contributed by atoms with van der Waals surface area (Å²) in [6.07, 6.45) is 4.70. The number of carbonyl (C=O) groups is 1. The van der Waals surface area contributed by atoms with Gasteiger partial charge in [0.1, 0.15) is 0 Å². The Hall–Kier alpha value is -1.32. The van der Waals surface area contributed by atoms with Crippen molar-refractivity contribution in [1.82, 2.24) is 10.2 Å². The fourth-order valence-electron chi connectivity index (χ4n) is 3.03. The van der Waals surface area contributed by atoms with Crippen molar-refractivity contribution < 1.29 is 4.79 Å². The molecular weight excluding hydrogens is 202 g/mol. The summed E-state index contributed by atoms with van der Waals surface area (Å²) < 4.78 is 0. The van der Waals surface area contributed by atoms with E-state index < -0.39 is 0 Å². The largest absolute Gasteiger partial charge is 0.309 e. The molecule has 0 radical (unpaired) electrons. The number of anilines is 1. The molecule has 2 aliphatic carbocycles. The quantitative estimate of drug-likeness (QED) is 0.816. The summed E-state index contributed by atoms with van der Waals surface area (Å²) >= 11 is 0. The van der Waals surface area contributed by atoms with Gasteiger partial charge in [-0.3, -0.25) is 9.89 Å². The van der Waals surface area contributed by atoms with Crippen LogP contribution in [0, 0.1) is 17.8 Å². The van der Waals surface area contributed by atoms with Crippen LogP contribution in [-0.2, 0) is 11.2 Å². The molecule has 2 N–H and O–H groups in total. The van der Waals surface area contributed by atoms with Crippen LogP contribution in [0.25, 0.3) is 0 Å². The molecule has 16 heavy (non-hydrogen) atoms. The van der Waals surface area contributed by atoms with Crippen LogP contribution in [0.2, 0.25) is 0 Å². The van der Waals surface area contributed by atoms with Gasteiger partial charge in [-0.2, -0.15) is 5.10 Å². The summed E-state index contributed by atoms with van der Waals surface area (Å²) in [7, 11) is 0. The number of hydrogen-bond acceptors (Lipinski definition) is 2. The van der Waals surface area contributed by atoms with Crippen molar-refractivity contribution in [3.05, 3.63) is 11.8 Å². The second-order valence-electron chi connectivity index (χ2n) is 4.91. The third-order valence-electron chi connectivity index (χ3n) is 3.97. The van der Waals surface area contributed by atoms with Crippen LogP contribution < -0.4 is 5.32 Å². The predicted molar refractivity (Wildman–Crippen MR) is 60.9 cm³/mol. The number of H-pyrrole nitrogens is 1. The molecule has 1 aromatic rings. The molecule has 2 atom stereocenters. The molecule has 0 spiro atoms. The maximum absolute atomic E-state index is 11.9. The van der Waals surface area contributed by atoms with Gasteiger partial charge >= 0.3 is 0 Å². The molecule has 1 heterocycles. The Labute approximate surface area is 94.8 Å². The van der Waals surface area contributed by atoms with E-state index in [1.165, 1.54) is 19.3 Å². The van der Waals surface area contributed by atoms with Crippen LogP contribution in [-0.4, -0.2) is 16.1 Å². The molecule has 1 aromatic heterocycles. The first-order chi connectivity index (χ1) is 7.79. The second kappa shape index (κ2) is 3.61. The zero-order chi connectivity index (χ0) is 11.1. The zero-order valence-electron chi connectivity index (χ0n) is 9.49. The number of nitrogens with one attached hydrogen (secondary N) is 2. The van der Waals surface area contributed by atoms with E-state index in [1.807, 2.05) is 6.07 Å². The smallest absolute Gasteiger partial charge is 0.229 e. The fourth-order valence-corrected chi connectivity index (χ4v) is 3.03. The number of carbonyl (C=O) groups excluding carboxylic acids is 1. The van der Waals surface area contributed by atoms with E-state index in [4.69, 9.17) is 0 Å². The molecule has 0 saturated heterocycles. The average molecular weight is 219 g/mol. The van der Waals surface area contributed by atoms with Gasteiger partial charge in [-0.25, -0.2) is 0 Å². The van der Waals surface area contributed by atoms with Crippen LogP contribution in [0.4, 0.5) is 5.82 Å². The van der Waals surface area contributed by atoms with Crippen LogP contribution in [0.5, 0.6) is 0 Å². The first-order valence-electron chi connectivity index (χ1n) is 6.14. The molecular formula is C12H17N3O. The number of aromatic amines is 1. The van der Waals surface area contributed by atoms with E-state index in [1.54, 1.807) is 0 Å². The molecule has 0 aliphatic heterocycles. The van der Waals surface area contributed by atoms with E-state index >= 15 is 0 Å². The van der Waals surface area contributed by atoms with Crippen molar-refractivity contribution in [2.24, 2.45) is 17.8 Å². The van der Waals surface area contributed by atoms with E-state index in [9.17, 15) is 4.79 Å². The SMILES string of the molecule is CCc1cc(NC(=O)C2C3CCCC32)n[nH]1. The highest BCUT2D eigenvalue weighted by Gasteiger charge is 2.56. The summed E-state index contributed by atoms with van der Waals surface area (Å²) in [4.78, 5) is 11.9. The lowest BCUT2D eigenvalue weighted by molar-refractivity contribution is -0.118. The summed E-state index contributed by atoms with van der Waals surface area (Å²) in [5.41, 5.74) is 1.06. The number of hydrogen-bond donors (Lipinski definition) is 2. The fraction of sp³-hybridized carbons (Fsp3) is 0.667. The van der Waals surface area contributed by atoms with Gasteiger partial charge in [0.15, 0.2) is 5.82 Å². The third kappa shape index (κ3) is 1.52. The normalized spacial score (nSPS) is 31.2. The minimum atomic E-state index is 0.170. The highest BCUT2D eigenvalue weighted by molar-refractivity contribution is 5.94. The van der Waals surface area contributed by atoms with Crippen LogP contribution in [0.3, 0.4) is 0 Å². The maximum atomic E-state index is 11.9. The van der Waals surface area contributed by atoms with Crippen molar-refractivity contribution in [1.29, 1.82) is 0 Å². The second-order valence-corrected chi connectivity index (χ2v) is 4.91. The van der Waals surface area contributed by atoms with Crippen molar-refractivity contribution in [3.63, 3.8) is 0 Å². The number of aromatic nitrogens is 2. The third-order valence-corrected chi connectivity index (χ3v) is 3.97. The lowest BCUT2D eigenvalue weighted by atomic mass is 10.1. The Morgan fingerprint density at radius 1 is 1.56 bits per heavy atom. The van der Waals surface area contributed by atoms with Crippen molar-refractivity contribution in [2.75, 3.05) is 5.32 Å². The van der Waals surface area contributed by atoms with Crippen LogP contribution >= 0.6 is 0 Å². The monoisotopic (exact) mass is 219 g/mol. The Morgan fingerprint density at radius 2 is 2.31 bits per heavy atom.